The summed E-state index contributed by atoms with van der Waals surface area (Å²) in [5, 5.41) is 15.3. The van der Waals surface area contributed by atoms with Crippen LogP contribution in [0.1, 0.15) is 5.56 Å². The minimum Gasteiger partial charge on any atom is -0.258 e. The highest BCUT2D eigenvalue weighted by Crippen LogP contribution is 2.13. The molecule has 16 heavy (non-hydrogen) atoms. The zero-order valence-corrected chi connectivity index (χ0v) is 9.35. The monoisotopic (exact) mass is 245 g/mol. The number of hydrogen-bond donors (Lipinski definition) is 1. The maximum absolute atomic E-state index is 10.9. The standard InChI is InChI=1S/C8H11N3O4S/c1-10(16(9,14)15)6-7-2-4-8(5-3-7)11(12)13/h2-5H,6H2,1H3,(H2,9,14,15). The predicted molar refractivity (Wildman–Crippen MR) is 57.7 cm³/mol. The Labute approximate surface area is 92.8 Å². The smallest absolute Gasteiger partial charge is 0.258 e. The summed E-state index contributed by atoms with van der Waals surface area (Å²) in [6.07, 6.45) is 0. The Morgan fingerprint density at radius 1 is 1.38 bits per heavy atom. The molecular weight excluding hydrogens is 234 g/mol. The van der Waals surface area contributed by atoms with Crippen LogP contribution in [0.15, 0.2) is 24.3 Å². The molecule has 0 unspecified atom stereocenters. The van der Waals surface area contributed by atoms with Crippen LogP contribution in [0.2, 0.25) is 0 Å². The number of nitro benzene ring substituents is 1. The predicted octanol–water partition coefficient (Wildman–Crippen LogP) is 0.230. The molecule has 0 amide bonds. The van der Waals surface area contributed by atoms with Gasteiger partial charge < -0.3 is 0 Å². The lowest BCUT2D eigenvalue weighted by molar-refractivity contribution is -0.384. The summed E-state index contributed by atoms with van der Waals surface area (Å²) >= 11 is 0. The van der Waals surface area contributed by atoms with Crippen molar-refractivity contribution in [3.05, 3.63) is 39.9 Å². The van der Waals surface area contributed by atoms with E-state index >= 15 is 0 Å². The Morgan fingerprint density at radius 3 is 2.25 bits per heavy atom. The second-order valence-corrected chi connectivity index (χ2v) is 4.88. The molecule has 7 nitrogen and oxygen atoms in total. The summed E-state index contributed by atoms with van der Waals surface area (Å²) in [6, 6.07) is 5.60. The van der Waals surface area contributed by atoms with Crippen molar-refractivity contribution < 1.29 is 13.3 Å². The lowest BCUT2D eigenvalue weighted by Crippen LogP contribution is -2.32. The van der Waals surface area contributed by atoms with Crippen molar-refractivity contribution in [1.29, 1.82) is 0 Å². The maximum atomic E-state index is 10.9. The van der Waals surface area contributed by atoms with Gasteiger partial charge in [0.05, 0.1) is 4.92 Å². The number of nitrogens with zero attached hydrogens (tertiary/aromatic N) is 2. The first kappa shape index (κ1) is 12.6. The molecule has 0 saturated carbocycles. The Kier molecular flexibility index (Phi) is 3.58. The molecule has 0 radical (unpaired) electrons. The van der Waals surface area contributed by atoms with Gasteiger partial charge in [0.25, 0.3) is 15.9 Å². The van der Waals surface area contributed by atoms with Crippen molar-refractivity contribution in [2.45, 2.75) is 6.54 Å². The highest BCUT2D eigenvalue weighted by Gasteiger charge is 2.12. The van der Waals surface area contributed by atoms with Gasteiger partial charge in [-0.15, -0.1) is 0 Å². The van der Waals surface area contributed by atoms with Gasteiger partial charge in [0.15, 0.2) is 0 Å². The van der Waals surface area contributed by atoms with Crippen LogP contribution >= 0.6 is 0 Å². The first-order chi connectivity index (χ1) is 7.30. The van der Waals surface area contributed by atoms with Crippen LogP contribution in [0.4, 0.5) is 5.69 Å². The average molecular weight is 245 g/mol. The van der Waals surface area contributed by atoms with Gasteiger partial charge >= 0.3 is 0 Å². The normalized spacial score (nSPS) is 11.7. The first-order valence-electron chi connectivity index (χ1n) is 4.28. The molecule has 1 aromatic carbocycles. The van der Waals surface area contributed by atoms with Crippen LogP contribution < -0.4 is 5.14 Å². The van der Waals surface area contributed by atoms with Gasteiger partial charge in [-0.2, -0.15) is 12.7 Å². The van der Waals surface area contributed by atoms with E-state index in [4.69, 9.17) is 5.14 Å². The van der Waals surface area contributed by atoms with Gasteiger partial charge in [0, 0.05) is 25.7 Å². The summed E-state index contributed by atoms with van der Waals surface area (Å²) < 4.78 is 22.8. The molecule has 0 bridgehead atoms. The second kappa shape index (κ2) is 4.56. The second-order valence-electron chi connectivity index (χ2n) is 3.22. The molecule has 0 fully saturated rings. The Bertz CT molecular complexity index is 483. The van der Waals surface area contributed by atoms with Gasteiger partial charge in [-0.1, -0.05) is 12.1 Å². The molecule has 0 aliphatic heterocycles. The molecule has 0 heterocycles. The van der Waals surface area contributed by atoms with Crippen LogP contribution in [0.25, 0.3) is 0 Å². The summed E-state index contributed by atoms with van der Waals surface area (Å²) in [6.45, 7) is 0.0802. The molecule has 88 valence electrons. The van der Waals surface area contributed by atoms with Crippen molar-refractivity contribution >= 4 is 15.9 Å². The Morgan fingerprint density at radius 2 is 1.88 bits per heavy atom. The summed E-state index contributed by atoms with van der Waals surface area (Å²) in [5.74, 6) is 0. The lowest BCUT2D eigenvalue weighted by Gasteiger charge is -2.12. The zero-order chi connectivity index (χ0) is 12.3. The number of benzene rings is 1. The zero-order valence-electron chi connectivity index (χ0n) is 8.53. The summed E-state index contributed by atoms with van der Waals surface area (Å²) in [5.41, 5.74) is 0.587. The molecule has 0 aromatic heterocycles. The van der Waals surface area contributed by atoms with Gasteiger partial charge in [-0.25, -0.2) is 5.14 Å². The van der Waals surface area contributed by atoms with Crippen molar-refractivity contribution in [3.63, 3.8) is 0 Å². The molecule has 0 saturated heterocycles. The molecular formula is C8H11N3O4S. The van der Waals surface area contributed by atoms with Crippen LogP contribution in [0, 0.1) is 10.1 Å². The van der Waals surface area contributed by atoms with Crippen molar-refractivity contribution in [2.24, 2.45) is 5.14 Å². The van der Waals surface area contributed by atoms with Crippen LogP contribution in [-0.4, -0.2) is 24.7 Å². The molecule has 0 aliphatic carbocycles. The van der Waals surface area contributed by atoms with E-state index in [0.29, 0.717) is 5.56 Å². The molecule has 1 rings (SSSR count). The van der Waals surface area contributed by atoms with E-state index in [0.717, 1.165) is 4.31 Å². The fourth-order valence-electron chi connectivity index (χ4n) is 1.07. The summed E-state index contributed by atoms with van der Waals surface area (Å²) in [4.78, 5) is 9.85. The highest BCUT2D eigenvalue weighted by atomic mass is 32.2. The quantitative estimate of drug-likeness (QED) is 0.605. The van der Waals surface area contributed by atoms with Gasteiger partial charge in [-0.05, 0) is 5.56 Å². The van der Waals surface area contributed by atoms with E-state index in [9.17, 15) is 18.5 Å². The first-order valence-corrected chi connectivity index (χ1v) is 5.78. The molecule has 0 spiro atoms. The highest BCUT2D eigenvalue weighted by molar-refractivity contribution is 7.86. The average Bonchev–Trinajstić information content (AvgIpc) is 2.17. The molecule has 0 atom stereocenters. The molecule has 2 N–H and O–H groups in total. The molecule has 8 heteroatoms. The minimum absolute atomic E-state index is 0.0398. The van der Waals surface area contributed by atoms with Crippen LogP contribution in [-0.2, 0) is 16.8 Å². The number of nitro groups is 1. The van der Waals surface area contributed by atoms with E-state index < -0.39 is 15.1 Å². The van der Waals surface area contributed by atoms with E-state index in [1.54, 1.807) is 0 Å². The lowest BCUT2D eigenvalue weighted by atomic mass is 10.2. The number of hydrogen-bond acceptors (Lipinski definition) is 4. The Balaban J connectivity index is 2.81. The van der Waals surface area contributed by atoms with E-state index in [-0.39, 0.29) is 12.2 Å². The maximum Gasteiger partial charge on any atom is 0.276 e. The van der Waals surface area contributed by atoms with Crippen molar-refractivity contribution in [3.8, 4) is 0 Å². The number of nitrogens with two attached hydrogens (primary N) is 1. The summed E-state index contributed by atoms with van der Waals surface area (Å²) in [7, 11) is -2.40. The number of non-ortho nitro benzene ring substituents is 1. The molecule has 1 aromatic rings. The fourth-order valence-corrected chi connectivity index (χ4v) is 1.40. The molecule has 0 aliphatic rings. The van der Waals surface area contributed by atoms with Crippen LogP contribution in [0.5, 0.6) is 0 Å². The Hall–Kier alpha value is -1.51. The topological polar surface area (TPSA) is 107 Å². The fraction of sp³-hybridized carbons (Fsp3) is 0.250. The SMILES string of the molecule is CN(Cc1ccc([N+](=O)[O-])cc1)S(N)(=O)=O. The van der Waals surface area contributed by atoms with E-state index in [1.807, 2.05) is 0 Å². The van der Waals surface area contributed by atoms with E-state index in [2.05, 4.69) is 0 Å². The van der Waals surface area contributed by atoms with Crippen LogP contribution in [0.3, 0.4) is 0 Å². The third-order valence-electron chi connectivity index (χ3n) is 1.99. The third-order valence-corrected chi connectivity index (χ3v) is 2.98. The van der Waals surface area contributed by atoms with Gasteiger partial charge in [-0.3, -0.25) is 10.1 Å². The van der Waals surface area contributed by atoms with E-state index in [1.165, 1.54) is 31.3 Å². The van der Waals surface area contributed by atoms with Crippen molar-refractivity contribution in [1.82, 2.24) is 4.31 Å². The third kappa shape index (κ3) is 3.26. The van der Waals surface area contributed by atoms with Crippen molar-refractivity contribution in [2.75, 3.05) is 7.05 Å². The largest absolute Gasteiger partial charge is 0.276 e. The van der Waals surface area contributed by atoms with Gasteiger partial charge in [0.1, 0.15) is 0 Å². The van der Waals surface area contributed by atoms with Gasteiger partial charge in [0.2, 0.25) is 0 Å². The minimum atomic E-state index is -3.73. The number of rotatable bonds is 4.